The van der Waals surface area contributed by atoms with Gasteiger partial charge in [-0.1, -0.05) is 52.3 Å². The molecule has 0 fully saturated rings. The summed E-state index contributed by atoms with van der Waals surface area (Å²) in [5.74, 6) is 0.180. The monoisotopic (exact) mass is 285 g/mol. The number of nitrogens with one attached hydrogen (secondary N) is 1. The molecule has 1 rings (SSSR count). The summed E-state index contributed by atoms with van der Waals surface area (Å²) in [7, 11) is 0. The van der Waals surface area contributed by atoms with E-state index in [1.54, 1.807) is 6.07 Å². The van der Waals surface area contributed by atoms with Crippen LogP contribution in [-0.4, -0.2) is 12.6 Å². The van der Waals surface area contributed by atoms with Crippen LogP contribution in [0.15, 0.2) is 18.2 Å². The number of benzene rings is 1. The molecule has 1 aromatic rings. The van der Waals surface area contributed by atoms with Crippen LogP contribution in [0.5, 0.6) is 0 Å². The van der Waals surface area contributed by atoms with Gasteiger partial charge in [0.2, 0.25) is 0 Å². The Morgan fingerprint density at radius 3 is 2.37 bits per heavy atom. The average Bonchev–Trinajstić information content (AvgIpc) is 2.24. The summed E-state index contributed by atoms with van der Waals surface area (Å²) in [4.78, 5) is 0. The van der Waals surface area contributed by atoms with Crippen LogP contribution in [0, 0.1) is 17.2 Å². The van der Waals surface area contributed by atoms with Crippen molar-refractivity contribution >= 4 is 11.6 Å². The third-order valence-corrected chi connectivity index (χ3v) is 3.83. The SMILES string of the molecule is CC(C)NCC(Cc1ccc(F)cc1Cl)C(C)(C)C. The van der Waals surface area contributed by atoms with Crippen LogP contribution in [0.3, 0.4) is 0 Å². The molecule has 0 saturated heterocycles. The van der Waals surface area contributed by atoms with Crippen molar-refractivity contribution in [2.45, 2.75) is 47.1 Å². The predicted molar refractivity (Wildman–Crippen MR) is 81.2 cm³/mol. The molecule has 0 aromatic heterocycles. The van der Waals surface area contributed by atoms with Crippen molar-refractivity contribution in [1.82, 2.24) is 5.32 Å². The molecule has 0 saturated carbocycles. The molecule has 0 aliphatic heterocycles. The summed E-state index contributed by atoms with van der Waals surface area (Å²) in [6, 6.07) is 5.14. The lowest BCUT2D eigenvalue weighted by Gasteiger charge is -2.32. The lowest BCUT2D eigenvalue weighted by molar-refractivity contribution is 0.226. The first kappa shape index (κ1) is 16.5. The second kappa shape index (κ2) is 6.71. The molecule has 0 amide bonds. The molecule has 0 aliphatic rings. The van der Waals surface area contributed by atoms with Gasteiger partial charge < -0.3 is 5.32 Å². The Labute approximate surface area is 121 Å². The van der Waals surface area contributed by atoms with Crippen molar-refractivity contribution in [3.63, 3.8) is 0 Å². The van der Waals surface area contributed by atoms with Crippen LogP contribution >= 0.6 is 11.6 Å². The first-order valence-corrected chi connectivity index (χ1v) is 7.25. The highest BCUT2D eigenvalue weighted by molar-refractivity contribution is 6.31. The molecule has 1 nitrogen and oxygen atoms in total. The lowest BCUT2D eigenvalue weighted by Crippen LogP contribution is -2.36. The maximum Gasteiger partial charge on any atom is 0.124 e. The normalized spacial score (nSPS) is 13.9. The fraction of sp³-hybridized carbons (Fsp3) is 0.625. The molecule has 1 N–H and O–H groups in total. The molecule has 108 valence electrons. The summed E-state index contributed by atoms with van der Waals surface area (Å²) in [6.07, 6.45) is 0.863. The zero-order chi connectivity index (χ0) is 14.6. The van der Waals surface area contributed by atoms with Gasteiger partial charge in [0.05, 0.1) is 0 Å². The Bertz CT molecular complexity index is 410. The van der Waals surface area contributed by atoms with Crippen LogP contribution in [0.4, 0.5) is 4.39 Å². The largest absolute Gasteiger partial charge is 0.314 e. The lowest BCUT2D eigenvalue weighted by atomic mass is 9.77. The van der Waals surface area contributed by atoms with Crippen LogP contribution in [0.25, 0.3) is 0 Å². The van der Waals surface area contributed by atoms with Gasteiger partial charge in [-0.2, -0.15) is 0 Å². The van der Waals surface area contributed by atoms with E-state index in [-0.39, 0.29) is 11.2 Å². The average molecular weight is 286 g/mol. The van der Waals surface area contributed by atoms with Crippen molar-refractivity contribution in [3.05, 3.63) is 34.6 Å². The first-order valence-electron chi connectivity index (χ1n) is 6.87. The summed E-state index contributed by atoms with van der Waals surface area (Å²) in [5, 5.41) is 4.01. The van der Waals surface area contributed by atoms with Gasteiger partial charge in [-0.15, -0.1) is 0 Å². The fourth-order valence-electron chi connectivity index (χ4n) is 2.02. The fourth-order valence-corrected chi connectivity index (χ4v) is 2.26. The zero-order valence-corrected chi connectivity index (χ0v) is 13.3. The summed E-state index contributed by atoms with van der Waals surface area (Å²) < 4.78 is 13.1. The van der Waals surface area contributed by atoms with Gasteiger partial charge in [-0.25, -0.2) is 4.39 Å². The maximum absolute atomic E-state index is 13.1. The van der Waals surface area contributed by atoms with E-state index in [0.29, 0.717) is 17.0 Å². The molecule has 1 unspecified atom stereocenters. The van der Waals surface area contributed by atoms with E-state index >= 15 is 0 Å². The third kappa shape index (κ3) is 5.50. The molecule has 0 bridgehead atoms. The predicted octanol–water partition coefficient (Wildman–Crippen LogP) is 4.68. The Morgan fingerprint density at radius 2 is 1.89 bits per heavy atom. The standard InChI is InChI=1S/C16H25ClFN/c1-11(2)19-10-13(16(3,4)5)8-12-6-7-14(18)9-15(12)17/h6-7,9,11,13,19H,8,10H2,1-5H3. The minimum absolute atomic E-state index is 0.180. The van der Waals surface area contributed by atoms with Gasteiger partial charge >= 0.3 is 0 Å². The van der Waals surface area contributed by atoms with Gasteiger partial charge in [0.15, 0.2) is 0 Å². The summed E-state index contributed by atoms with van der Waals surface area (Å²) in [6.45, 7) is 11.9. The van der Waals surface area contributed by atoms with E-state index in [1.807, 2.05) is 0 Å². The minimum Gasteiger partial charge on any atom is -0.314 e. The molecule has 0 heterocycles. The van der Waals surface area contributed by atoms with Crippen molar-refractivity contribution in [3.8, 4) is 0 Å². The number of hydrogen-bond donors (Lipinski definition) is 1. The van der Waals surface area contributed by atoms with E-state index in [1.165, 1.54) is 12.1 Å². The quantitative estimate of drug-likeness (QED) is 0.828. The van der Waals surface area contributed by atoms with Crippen molar-refractivity contribution < 1.29 is 4.39 Å². The van der Waals surface area contributed by atoms with Gasteiger partial charge in [0.25, 0.3) is 0 Å². The molecule has 0 aliphatic carbocycles. The highest BCUT2D eigenvalue weighted by atomic mass is 35.5. The molecule has 1 atom stereocenters. The second-order valence-electron chi connectivity index (χ2n) is 6.57. The Balaban J connectivity index is 2.82. The highest BCUT2D eigenvalue weighted by Crippen LogP contribution is 2.31. The van der Waals surface area contributed by atoms with Crippen molar-refractivity contribution in [2.24, 2.45) is 11.3 Å². The third-order valence-electron chi connectivity index (χ3n) is 3.48. The summed E-state index contributed by atoms with van der Waals surface area (Å²) >= 11 is 6.13. The Kier molecular flexibility index (Phi) is 5.82. The van der Waals surface area contributed by atoms with Crippen LogP contribution in [0.1, 0.15) is 40.2 Å². The first-order chi connectivity index (χ1) is 8.70. The Morgan fingerprint density at radius 1 is 1.26 bits per heavy atom. The van der Waals surface area contributed by atoms with E-state index < -0.39 is 0 Å². The van der Waals surface area contributed by atoms with E-state index in [2.05, 4.69) is 39.9 Å². The Hall–Kier alpha value is -0.600. The molecular weight excluding hydrogens is 261 g/mol. The van der Waals surface area contributed by atoms with E-state index in [4.69, 9.17) is 11.6 Å². The highest BCUT2D eigenvalue weighted by Gasteiger charge is 2.25. The zero-order valence-electron chi connectivity index (χ0n) is 12.6. The molecule has 1 aromatic carbocycles. The van der Waals surface area contributed by atoms with E-state index in [0.717, 1.165) is 18.5 Å². The minimum atomic E-state index is -0.277. The topological polar surface area (TPSA) is 12.0 Å². The maximum atomic E-state index is 13.1. The van der Waals surface area contributed by atoms with Gasteiger partial charge in [0.1, 0.15) is 5.82 Å². The molecular formula is C16H25ClFN. The van der Waals surface area contributed by atoms with Gasteiger partial charge in [-0.3, -0.25) is 0 Å². The van der Waals surface area contributed by atoms with Crippen LogP contribution < -0.4 is 5.32 Å². The van der Waals surface area contributed by atoms with E-state index in [9.17, 15) is 4.39 Å². The smallest absolute Gasteiger partial charge is 0.124 e. The molecule has 19 heavy (non-hydrogen) atoms. The second-order valence-corrected chi connectivity index (χ2v) is 6.97. The van der Waals surface area contributed by atoms with Crippen molar-refractivity contribution in [2.75, 3.05) is 6.54 Å². The molecule has 0 spiro atoms. The van der Waals surface area contributed by atoms with Crippen LogP contribution in [0.2, 0.25) is 5.02 Å². The van der Waals surface area contributed by atoms with Gasteiger partial charge in [-0.05, 0) is 42.0 Å². The van der Waals surface area contributed by atoms with Crippen LogP contribution in [-0.2, 0) is 6.42 Å². The number of halogens is 2. The number of hydrogen-bond acceptors (Lipinski definition) is 1. The summed E-state index contributed by atoms with van der Waals surface area (Å²) in [5.41, 5.74) is 1.20. The molecule has 3 heteroatoms. The molecule has 0 radical (unpaired) electrons. The van der Waals surface area contributed by atoms with Gasteiger partial charge in [0, 0.05) is 11.1 Å². The van der Waals surface area contributed by atoms with Crippen molar-refractivity contribution in [1.29, 1.82) is 0 Å². The number of rotatable bonds is 5.